The third-order valence-corrected chi connectivity index (χ3v) is 4.76. The Bertz CT molecular complexity index is 1130. The number of aryl methyl sites for hydroxylation is 1. The Morgan fingerprint density at radius 3 is 2.59 bits per heavy atom. The van der Waals surface area contributed by atoms with Gasteiger partial charge in [-0.3, -0.25) is 9.78 Å². The van der Waals surface area contributed by atoms with E-state index < -0.39 is 0 Å². The number of carbonyl (C=O) groups is 1. The number of halogens is 1. The Labute approximate surface area is 165 Å². The zero-order valence-electron chi connectivity index (χ0n) is 14.6. The quantitative estimate of drug-likeness (QED) is 0.470. The van der Waals surface area contributed by atoms with E-state index in [1.165, 1.54) is 0 Å². The van der Waals surface area contributed by atoms with Crippen LogP contribution in [0, 0.1) is 6.92 Å². The molecule has 0 saturated heterocycles. The molecule has 0 radical (unpaired) electrons. The molecule has 0 bridgehead atoms. The molecule has 132 valence electrons. The standard InChI is InChI=1S/C22H16BrN3O/c1-14-4-6-15(7-5-14)21-19(22(27)25-18-3-2-10-24-13-18)12-16-11-17(23)8-9-20(16)26-21/h2-13H,1H3,(H,25,27). The minimum Gasteiger partial charge on any atom is -0.321 e. The van der Waals surface area contributed by atoms with Gasteiger partial charge in [-0.15, -0.1) is 0 Å². The summed E-state index contributed by atoms with van der Waals surface area (Å²) in [4.78, 5) is 21.8. The lowest BCUT2D eigenvalue weighted by Crippen LogP contribution is -2.14. The molecule has 2 aromatic heterocycles. The van der Waals surface area contributed by atoms with Crippen LogP contribution in [0.15, 0.2) is 77.5 Å². The SMILES string of the molecule is Cc1ccc(-c2nc3ccc(Br)cc3cc2C(=O)Nc2cccnc2)cc1. The van der Waals surface area contributed by atoms with Crippen LogP contribution >= 0.6 is 15.9 Å². The molecule has 0 aliphatic rings. The van der Waals surface area contributed by atoms with Crippen LogP contribution in [-0.4, -0.2) is 15.9 Å². The average molecular weight is 418 g/mol. The summed E-state index contributed by atoms with van der Waals surface area (Å²) < 4.78 is 0.943. The fraction of sp³-hybridized carbons (Fsp3) is 0.0455. The maximum Gasteiger partial charge on any atom is 0.257 e. The predicted octanol–water partition coefficient (Wildman–Crippen LogP) is 5.62. The number of amides is 1. The largest absolute Gasteiger partial charge is 0.321 e. The number of benzene rings is 2. The number of rotatable bonds is 3. The monoisotopic (exact) mass is 417 g/mol. The van der Waals surface area contributed by atoms with Gasteiger partial charge in [-0.1, -0.05) is 45.8 Å². The molecule has 0 saturated carbocycles. The van der Waals surface area contributed by atoms with Crippen molar-refractivity contribution in [2.75, 3.05) is 5.32 Å². The van der Waals surface area contributed by atoms with Crippen molar-refractivity contribution >= 4 is 38.4 Å². The third kappa shape index (κ3) is 3.73. The number of carbonyl (C=O) groups excluding carboxylic acids is 1. The molecule has 0 fully saturated rings. The van der Waals surface area contributed by atoms with E-state index in [-0.39, 0.29) is 5.91 Å². The minimum absolute atomic E-state index is 0.215. The molecule has 1 amide bonds. The first-order valence-corrected chi connectivity index (χ1v) is 9.28. The fourth-order valence-corrected chi connectivity index (χ4v) is 3.27. The van der Waals surface area contributed by atoms with Crippen LogP contribution in [0.1, 0.15) is 15.9 Å². The van der Waals surface area contributed by atoms with Crippen molar-refractivity contribution < 1.29 is 4.79 Å². The maximum atomic E-state index is 13.0. The number of hydrogen-bond donors (Lipinski definition) is 1. The smallest absolute Gasteiger partial charge is 0.257 e. The summed E-state index contributed by atoms with van der Waals surface area (Å²) >= 11 is 3.48. The molecule has 0 spiro atoms. The molecule has 0 unspecified atom stereocenters. The van der Waals surface area contributed by atoms with E-state index in [1.54, 1.807) is 18.5 Å². The zero-order valence-corrected chi connectivity index (χ0v) is 16.2. The van der Waals surface area contributed by atoms with Gasteiger partial charge in [0.05, 0.1) is 28.7 Å². The topological polar surface area (TPSA) is 54.9 Å². The number of fused-ring (bicyclic) bond motifs is 1. The normalized spacial score (nSPS) is 10.7. The van der Waals surface area contributed by atoms with Crippen molar-refractivity contribution in [1.82, 2.24) is 9.97 Å². The van der Waals surface area contributed by atoms with Crippen molar-refractivity contribution in [2.24, 2.45) is 0 Å². The van der Waals surface area contributed by atoms with Gasteiger partial charge >= 0.3 is 0 Å². The molecule has 4 aromatic rings. The van der Waals surface area contributed by atoms with Gasteiger partial charge < -0.3 is 5.32 Å². The van der Waals surface area contributed by atoms with Gasteiger partial charge in [0.25, 0.3) is 5.91 Å². The van der Waals surface area contributed by atoms with Crippen molar-refractivity contribution in [1.29, 1.82) is 0 Å². The summed E-state index contributed by atoms with van der Waals surface area (Å²) in [6.07, 6.45) is 3.29. The second-order valence-corrected chi connectivity index (χ2v) is 7.20. The highest BCUT2D eigenvalue weighted by molar-refractivity contribution is 9.10. The summed E-state index contributed by atoms with van der Waals surface area (Å²) in [6.45, 7) is 2.03. The molecule has 0 aliphatic carbocycles. The first kappa shape index (κ1) is 17.4. The number of nitrogens with one attached hydrogen (secondary N) is 1. The minimum atomic E-state index is -0.215. The molecule has 0 aliphatic heterocycles. The number of nitrogens with zero attached hydrogens (tertiary/aromatic N) is 2. The summed E-state index contributed by atoms with van der Waals surface area (Å²) in [6, 6.07) is 19.3. The van der Waals surface area contributed by atoms with Gasteiger partial charge in [-0.2, -0.15) is 0 Å². The van der Waals surface area contributed by atoms with Crippen LogP contribution in [-0.2, 0) is 0 Å². The van der Waals surface area contributed by atoms with E-state index in [0.29, 0.717) is 16.9 Å². The summed E-state index contributed by atoms with van der Waals surface area (Å²) in [7, 11) is 0. The van der Waals surface area contributed by atoms with Crippen LogP contribution in [0.3, 0.4) is 0 Å². The van der Waals surface area contributed by atoms with E-state index in [9.17, 15) is 4.79 Å². The summed E-state index contributed by atoms with van der Waals surface area (Å²) in [5.41, 5.74) is 4.73. The number of hydrogen-bond acceptors (Lipinski definition) is 3. The van der Waals surface area contributed by atoms with Crippen molar-refractivity contribution in [2.45, 2.75) is 6.92 Å². The fourth-order valence-electron chi connectivity index (χ4n) is 2.89. The van der Waals surface area contributed by atoms with E-state index >= 15 is 0 Å². The maximum absolute atomic E-state index is 13.0. The van der Waals surface area contributed by atoms with Crippen LogP contribution in [0.2, 0.25) is 0 Å². The van der Waals surface area contributed by atoms with Crippen LogP contribution in [0.25, 0.3) is 22.2 Å². The van der Waals surface area contributed by atoms with Gasteiger partial charge in [-0.05, 0) is 43.3 Å². The highest BCUT2D eigenvalue weighted by Gasteiger charge is 2.16. The van der Waals surface area contributed by atoms with Crippen molar-refractivity contribution in [3.63, 3.8) is 0 Å². The summed E-state index contributed by atoms with van der Waals surface area (Å²) in [5, 5.41) is 3.81. The van der Waals surface area contributed by atoms with E-state index in [0.717, 1.165) is 26.5 Å². The van der Waals surface area contributed by atoms with E-state index in [2.05, 4.69) is 26.2 Å². The summed E-state index contributed by atoms with van der Waals surface area (Å²) in [5.74, 6) is -0.215. The molecular weight excluding hydrogens is 402 g/mol. The Kier molecular flexibility index (Phi) is 4.69. The van der Waals surface area contributed by atoms with E-state index in [1.807, 2.05) is 61.5 Å². The number of aromatic nitrogens is 2. The molecule has 4 rings (SSSR count). The Morgan fingerprint density at radius 2 is 1.85 bits per heavy atom. The molecule has 2 heterocycles. The lowest BCUT2D eigenvalue weighted by atomic mass is 10.0. The molecular formula is C22H16BrN3O. The lowest BCUT2D eigenvalue weighted by molar-refractivity contribution is 0.102. The van der Waals surface area contributed by atoms with Crippen LogP contribution in [0.4, 0.5) is 5.69 Å². The zero-order chi connectivity index (χ0) is 18.8. The Hall–Kier alpha value is -3.05. The van der Waals surface area contributed by atoms with Gasteiger partial charge in [-0.25, -0.2) is 4.98 Å². The molecule has 4 nitrogen and oxygen atoms in total. The Morgan fingerprint density at radius 1 is 1.04 bits per heavy atom. The number of anilines is 1. The second-order valence-electron chi connectivity index (χ2n) is 6.28. The first-order chi connectivity index (χ1) is 13.1. The third-order valence-electron chi connectivity index (χ3n) is 4.27. The number of pyridine rings is 2. The van der Waals surface area contributed by atoms with Gasteiger partial charge in [0.15, 0.2) is 0 Å². The van der Waals surface area contributed by atoms with Crippen LogP contribution in [0.5, 0.6) is 0 Å². The molecule has 1 N–H and O–H groups in total. The predicted molar refractivity (Wildman–Crippen MR) is 112 cm³/mol. The average Bonchev–Trinajstić information content (AvgIpc) is 2.68. The van der Waals surface area contributed by atoms with Gasteiger partial charge in [0, 0.05) is 21.6 Å². The molecule has 0 atom stereocenters. The highest BCUT2D eigenvalue weighted by Crippen LogP contribution is 2.28. The lowest BCUT2D eigenvalue weighted by Gasteiger charge is -2.12. The molecule has 2 aromatic carbocycles. The molecule has 5 heteroatoms. The van der Waals surface area contributed by atoms with Crippen molar-refractivity contribution in [3.8, 4) is 11.3 Å². The molecule has 27 heavy (non-hydrogen) atoms. The second kappa shape index (κ2) is 7.29. The Balaban J connectivity index is 1.86. The highest BCUT2D eigenvalue weighted by atomic mass is 79.9. The van der Waals surface area contributed by atoms with Gasteiger partial charge in [0.2, 0.25) is 0 Å². The van der Waals surface area contributed by atoms with E-state index in [4.69, 9.17) is 4.98 Å². The van der Waals surface area contributed by atoms with Gasteiger partial charge in [0.1, 0.15) is 0 Å². The van der Waals surface area contributed by atoms with Crippen molar-refractivity contribution in [3.05, 3.63) is 88.7 Å². The van der Waals surface area contributed by atoms with Crippen LogP contribution < -0.4 is 5.32 Å². The first-order valence-electron chi connectivity index (χ1n) is 8.49.